The van der Waals surface area contributed by atoms with Gasteiger partial charge in [-0.3, -0.25) is 9.69 Å². The Kier molecular flexibility index (Phi) is 6.89. The van der Waals surface area contributed by atoms with Crippen LogP contribution in [0.15, 0.2) is 47.8 Å². The number of aliphatic carboxylic acids is 1. The summed E-state index contributed by atoms with van der Waals surface area (Å²) in [6.45, 7) is 6.19. The lowest BCUT2D eigenvalue weighted by atomic mass is 9.84. The Morgan fingerprint density at radius 2 is 2.10 bits per heavy atom. The molecule has 1 aliphatic rings. The van der Waals surface area contributed by atoms with E-state index in [-0.39, 0.29) is 18.4 Å². The van der Waals surface area contributed by atoms with Gasteiger partial charge in [-0.15, -0.1) is 16.4 Å². The number of carboxylic acids is 1. The van der Waals surface area contributed by atoms with Gasteiger partial charge in [-0.2, -0.15) is 0 Å². The van der Waals surface area contributed by atoms with Crippen LogP contribution in [0.2, 0.25) is 0 Å². The molecule has 0 fully saturated rings. The number of benzene rings is 2. The van der Waals surface area contributed by atoms with Gasteiger partial charge in [0.15, 0.2) is 0 Å². The van der Waals surface area contributed by atoms with Crippen molar-refractivity contribution in [2.45, 2.75) is 51.8 Å². The minimum Gasteiger partial charge on any atom is -0.487 e. The van der Waals surface area contributed by atoms with Crippen molar-refractivity contribution in [2.24, 2.45) is 7.05 Å². The summed E-state index contributed by atoms with van der Waals surface area (Å²) >= 11 is 1.71. The highest BCUT2D eigenvalue weighted by atomic mass is 32.1. The Labute approximate surface area is 236 Å². The first-order valence-corrected chi connectivity index (χ1v) is 14.3. The molecule has 5 aromatic rings. The Hall–Kier alpha value is -4.02. The molecule has 0 saturated heterocycles. The average molecular weight is 557 g/mol. The molecule has 4 heterocycles. The molecule has 206 valence electrons. The van der Waals surface area contributed by atoms with E-state index in [0.717, 1.165) is 57.5 Å². The molecule has 0 aliphatic carbocycles. The van der Waals surface area contributed by atoms with Crippen molar-refractivity contribution >= 4 is 44.2 Å². The van der Waals surface area contributed by atoms with E-state index in [9.17, 15) is 9.90 Å². The summed E-state index contributed by atoms with van der Waals surface area (Å²) in [4.78, 5) is 19.1. The first-order chi connectivity index (χ1) is 19.3. The quantitative estimate of drug-likeness (QED) is 0.279. The fourth-order valence-corrected chi connectivity index (χ4v) is 6.68. The maximum Gasteiger partial charge on any atom is 0.304 e. The highest BCUT2D eigenvalue weighted by Crippen LogP contribution is 2.38. The molecule has 40 heavy (non-hydrogen) atoms. The van der Waals surface area contributed by atoms with E-state index in [1.807, 2.05) is 32.2 Å². The SMILES string of the molecule is CC[C@@H]1CN(Cc2cc([C@@H](CC(=O)O)c3ccc4c(nnn4C)c3C)cc3ccsc23)Cc2nc(N)ccc2O1. The molecule has 10 heteroatoms. The largest absolute Gasteiger partial charge is 0.487 e. The second-order valence-corrected chi connectivity index (χ2v) is 11.4. The summed E-state index contributed by atoms with van der Waals surface area (Å²) < 4.78 is 9.23. The van der Waals surface area contributed by atoms with Gasteiger partial charge >= 0.3 is 5.97 Å². The van der Waals surface area contributed by atoms with Gasteiger partial charge in [-0.25, -0.2) is 9.67 Å². The maximum atomic E-state index is 12.1. The van der Waals surface area contributed by atoms with Gasteiger partial charge in [0.2, 0.25) is 0 Å². The first-order valence-electron chi connectivity index (χ1n) is 13.5. The third-order valence-corrected chi connectivity index (χ3v) is 8.82. The van der Waals surface area contributed by atoms with E-state index in [1.54, 1.807) is 22.1 Å². The molecule has 0 spiro atoms. The molecule has 1 aliphatic heterocycles. The minimum atomic E-state index is -0.841. The number of rotatable bonds is 7. The normalized spacial score (nSPS) is 16.5. The van der Waals surface area contributed by atoms with Crippen molar-refractivity contribution in [3.63, 3.8) is 0 Å². The van der Waals surface area contributed by atoms with E-state index in [4.69, 9.17) is 10.5 Å². The van der Waals surface area contributed by atoms with Crippen LogP contribution in [0.5, 0.6) is 5.75 Å². The van der Waals surface area contributed by atoms with Crippen LogP contribution in [0, 0.1) is 6.92 Å². The zero-order valence-electron chi connectivity index (χ0n) is 22.8. The van der Waals surface area contributed by atoms with Crippen molar-refractivity contribution < 1.29 is 14.6 Å². The fourth-order valence-electron chi connectivity index (χ4n) is 5.79. The lowest BCUT2D eigenvalue weighted by Gasteiger charge is -2.25. The number of nitrogen functional groups attached to an aromatic ring is 1. The van der Waals surface area contributed by atoms with E-state index in [0.29, 0.717) is 18.9 Å². The first kappa shape index (κ1) is 26.2. The number of carbonyl (C=O) groups is 1. The molecule has 2 atom stereocenters. The van der Waals surface area contributed by atoms with Crippen molar-refractivity contribution in [1.29, 1.82) is 0 Å². The van der Waals surface area contributed by atoms with Crippen LogP contribution in [0.3, 0.4) is 0 Å². The minimum absolute atomic E-state index is 0.0201. The molecular weight excluding hydrogens is 524 g/mol. The maximum absolute atomic E-state index is 12.1. The van der Waals surface area contributed by atoms with Crippen LogP contribution in [0.1, 0.15) is 53.6 Å². The number of fused-ring (bicyclic) bond motifs is 3. The number of hydrogen-bond acceptors (Lipinski definition) is 8. The van der Waals surface area contributed by atoms with Gasteiger partial charge in [-0.1, -0.05) is 24.3 Å². The number of anilines is 1. The van der Waals surface area contributed by atoms with Crippen LogP contribution in [0.25, 0.3) is 21.1 Å². The lowest BCUT2D eigenvalue weighted by molar-refractivity contribution is -0.137. The number of aromatic nitrogens is 4. The molecule has 0 unspecified atom stereocenters. The molecule has 3 N–H and O–H groups in total. The van der Waals surface area contributed by atoms with E-state index < -0.39 is 5.97 Å². The standard InChI is InChI=1S/C30H32N6O3S/c1-4-21-15-36(16-24-26(39-21)7-8-27(31)32-24)14-20-12-19(11-18-9-10-40-30(18)20)23(13-28(37)38)22-5-6-25-29(17(22)2)33-34-35(25)3/h5-12,21,23H,4,13-16H2,1-3H3,(H2,31,32)(H,37,38)/t21-,23-/m1/s1. The number of carboxylic acid groups (broad SMARTS) is 1. The molecular formula is C30H32N6O3S. The fraction of sp³-hybridized carbons (Fsp3) is 0.333. The Bertz CT molecular complexity index is 1730. The predicted molar refractivity (Wildman–Crippen MR) is 157 cm³/mol. The number of nitrogens with two attached hydrogens (primary N) is 1. The number of thiophene rings is 1. The number of aryl methyl sites for hydroxylation is 2. The average Bonchev–Trinajstić information content (AvgIpc) is 3.51. The predicted octanol–water partition coefficient (Wildman–Crippen LogP) is 5.25. The van der Waals surface area contributed by atoms with Gasteiger partial charge in [0.1, 0.15) is 23.2 Å². The van der Waals surface area contributed by atoms with Crippen LogP contribution < -0.4 is 10.5 Å². The molecule has 2 aromatic carbocycles. The smallest absolute Gasteiger partial charge is 0.304 e. The Balaban J connectivity index is 1.42. The summed E-state index contributed by atoms with van der Waals surface area (Å²) in [7, 11) is 1.86. The number of nitrogens with zero attached hydrogens (tertiary/aromatic N) is 5. The zero-order valence-corrected chi connectivity index (χ0v) is 23.6. The molecule has 6 rings (SSSR count). The van der Waals surface area contributed by atoms with Crippen LogP contribution in [-0.4, -0.2) is 48.6 Å². The highest BCUT2D eigenvalue weighted by Gasteiger charge is 2.26. The van der Waals surface area contributed by atoms with Crippen molar-refractivity contribution in [1.82, 2.24) is 24.9 Å². The van der Waals surface area contributed by atoms with E-state index in [1.165, 1.54) is 10.3 Å². The summed E-state index contributed by atoms with van der Waals surface area (Å²) in [5.41, 5.74) is 12.6. The van der Waals surface area contributed by atoms with Gasteiger partial charge in [0, 0.05) is 37.3 Å². The Morgan fingerprint density at radius 3 is 2.90 bits per heavy atom. The van der Waals surface area contributed by atoms with E-state index in [2.05, 4.69) is 50.7 Å². The highest BCUT2D eigenvalue weighted by molar-refractivity contribution is 7.17. The zero-order chi connectivity index (χ0) is 28.0. The topological polar surface area (TPSA) is 119 Å². The second kappa shape index (κ2) is 10.5. The molecule has 3 aromatic heterocycles. The van der Waals surface area contributed by atoms with Gasteiger partial charge in [0.05, 0.1) is 17.6 Å². The second-order valence-electron chi connectivity index (χ2n) is 10.5. The van der Waals surface area contributed by atoms with Crippen molar-refractivity contribution in [3.8, 4) is 5.75 Å². The summed E-state index contributed by atoms with van der Waals surface area (Å²) in [5.74, 6) is 0.0955. The van der Waals surface area contributed by atoms with Crippen LogP contribution in [-0.2, 0) is 24.9 Å². The summed E-state index contributed by atoms with van der Waals surface area (Å²) in [6.07, 6.45) is 0.891. The van der Waals surface area contributed by atoms with E-state index >= 15 is 0 Å². The molecule has 0 amide bonds. The van der Waals surface area contributed by atoms with Crippen LogP contribution >= 0.6 is 11.3 Å². The molecule has 0 saturated carbocycles. The molecule has 0 radical (unpaired) electrons. The van der Waals surface area contributed by atoms with Crippen molar-refractivity contribution in [2.75, 3.05) is 12.3 Å². The van der Waals surface area contributed by atoms with Crippen molar-refractivity contribution in [3.05, 3.63) is 75.8 Å². The Morgan fingerprint density at radius 1 is 1.25 bits per heavy atom. The third kappa shape index (κ3) is 4.89. The lowest BCUT2D eigenvalue weighted by Crippen LogP contribution is -2.32. The number of pyridine rings is 1. The molecule has 0 bridgehead atoms. The van der Waals surface area contributed by atoms with Crippen LogP contribution in [0.4, 0.5) is 5.82 Å². The third-order valence-electron chi connectivity index (χ3n) is 7.82. The molecule has 9 nitrogen and oxygen atoms in total. The van der Waals surface area contributed by atoms with Gasteiger partial charge < -0.3 is 15.6 Å². The number of hydrogen-bond donors (Lipinski definition) is 2. The summed E-state index contributed by atoms with van der Waals surface area (Å²) in [6, 6.07) is 14.1. The monoisotopic (exact) mass is 556 g/mol. The number of ether oxygens (including phenoxy) is 1. The van der Waals surface area contributed by atoms with Gasteiger partial charge in [0.25, 0.3) is 0 Å². The summed E-state index contributed by atoms with van der Waals surface area (Å²) in [5, 5.41) is 21.7. The van der Waals surface area contributed by atoms with Gasteiger partial charge in [-0.05, 0) is 76.7 Å².